The molecule has 0 radical (unpaired) electrons. The number of hydrogen-bond donors (Lipinski definition) is 2. The quantitative estimate of drug-likeness (QED) is 0.710. The standard InChI is InChI=1S/C11H22N2O3S/c1-3-17(15,16)8-9(2)13-11(14)7-10-5-4-6-12-10/h9-10,12H,3-8H2,1-2H3,(H,13,14). The zero-order valence-electron chi connectivity index (χ0n) is 10.5. The Bertz CT molecular complexity index is 348. The van der Waals surface area contributed by atoms with Gasteiger partial charge >= 0.3 is 0 Å². The largest absolute Gasteiger partial charge is 0.353 e. The zero-order valence-corrected chi connectivity index (χ0v) is 11.3. The third-order valence-corrected chi connectivity index (χ3v) is 4.83. The van der Waals surface area contributed by atoms with E-state index in [-0.39, 0.29) is 29.5 Å². The number of carbonyl (C=O) groups excluding carboxylic acids is 1. The Balaban J connectivity index is 2.30. The van der Waals surface area contributed by atoms with Crippen molar-refractivity contribution in [1.82, 2.24) is 10.6 Å². The maximum absolute atomic E-state index is 11.6. The van der Waals surface area contributed by atoms with Crippen LogP contribution in [0.5, 0.6) is 0 Å². The third-order valence-electron chi connectivity index (χ3n) is 2.95. The van der Waals surface area contributed by atoms with Crippen molar-refractivity contribution in [3.63, 3.8) is 0 Å². The maximum Gasteiger partial charge on any atom is 0.221 e. The fourth-order valence-corrected chi connectivity index (χ4v) is 3.11. The van der Waals surface area contributed by atoms with Gasteiger partial charge in [0, 0.05) is 24.3 Å². The first kappa shape index (κ1) is 14.4. The van der Waals surface area contributed by atoms with Gasteiger partial charge in [0.1, 0.15) is 0 Å². The molecule has 0 aromatic carbocycles. The fourth-order valence-electron chi connectivity index (χ4n) is 2.03. The van der Waals surface area contributed by atoms with Crippen LogP contribution in [0.4, 0.5) is 0 Å². The number of hydrogen-bond acceptors (Lipinski definition) is 4. The first-order chi connectivity index (χ1) is 7.93. The van der Waals surface area contributed by atoms with E-state index in [0.29, 0.717) is 6.42 Å². The Morgan fingerprint density at radius 1 is 1.53 bits per heavy atom. The van der Waals surface area contributed by atoms with E-state index in [1.807, 2.05) is 0 Å². The topological polar surface area (TPSA) is 75.3 Å². The summed E-state index contributed by atoms with van der Waals surface area (Å²) >= 11 is 0. The van der Waals surface area contributed by atoms with Crippen LogP contribution in [-0.4, -0.2) is 44.5 Å². The average molecular weight is 262 g/mol. The number of carbonyl (C=O) groups is 1. The molecule has 0 spiro atoms. The first-order valence-electron chi connectivity index (χ1n) is 6.16. The minimum absolute atomic E-state index is 0.0212. The molecule has 2 atom stereocenters. The van der Waals surface area contributed by atoms with Gasteiger partial charge in [0.15, 0.2) is 9.84 Å². The highest BCUT2D eigenvalue weighted by atomic mass is 32.2. The van der Waals surface area contributed by atoms with Gasteiger partial charge in [-0.3, -0.25) is 4.79 Å². The van der Waals surface area contributed by atoms with Crippen LogP contribution in [-0.2, 0) is 14.6 Å². The van der Waals surface area contributed by atoms with Gasteiger partial charge in [-0.2, -0.15) is 0 Å². The van der Waals surface area contributed by atoms with Gasteiger partial charge in [-0.1, -0.05) is 6.92 Å². The lowest BCUT2D eigenvalue weighted by atomic mass is 10.1. The molecule has 2 unspecified atom stereocenters. The Labute approximate surface area is 103 Å². The summed E-state index contributed by atoms with van der Waals surface area (Å²) < 4.78 is 22.7. The van der Waals surface area contributed by atoms with Gasteiger partial charge in [-0.15, -0.1) is 0 Å². The van der Waals surface area contributed by atoms with Crippen molar-refractivity contribution < 1.29 is 13.2 Å². The highest BCUT2D eigenvalue weighted by Gasteiger charge is 2.20. The van der Waals surface area contributed by atoms with Crippen molar-refractivity contribution in [2.24, 2.45) is 0 Å². The first-order valence-corrected chi connectivity index (χ1v) is 7.98. The Morgan fingerprint density at radius 2 is 2.24 bits per heavy atom. The number of rotatable bonds is 6. The molecule has 100 valence electrons. The van der Waals surface area contributed by atoms with Gasteiger partial charge in [0.25, 0.3) is 0 Å². The van der Waals surface area contributed by atoms with Crippen molar-refractivity contribution in [1.29, 1.82) is 0 Å². The van der Waals surface area contributed by atoms with Crippen LogP contribution in [0.15, 0.2) is 0 Å². The summed E-state index contributed by atoms with van der Waals surface area (Å²) in [6, 6.07) is -0.0566. The smallest absolute Gasteiger partial charge is 0.221 e. The normalized spacial score (nSPS) is 22.4. The third kappa shape index (κ3) is 5.50. The highest BCUT2D eigenvalue weighted by Crippen LogP contribution is 2.08. The van der Waals surface area contributed by atoms with Gasteiger partial charge in [-0.05, 0) is 26.3 Å². The lowest BCUT2D eigenvalue weighted by Crippen LogP contribution is -2.40. The predicted octanol–water partition coefficient (Wildman–Crippen LogP) is 0.0679. The number of nitrogens with one attached hydrogen (secondary N) is 2. The second-order valence-electron chi connectivity index (χ2n) is 4.66. The van der Waals surface area contributed by atoms with Crippen LogP contribution in [0.1, 0.15) is 33.1 Å². The van der Waals surface area contributed by atoms with Crippen molar-refractivity contribution in [2.45, 2.75) is 45.2 Å². The lowest BCUT2D eigenvalue weighted by Gasteiger charge is -2.15. The molecule has 1 aliphatic heterocycles. The van der Waals surface area contributed by atoms with E-state index >= 15 is 0 Å². The number of sulfone groups is 1. The molecule has 0 aromatic heterocycles. The van der Waals surface area contributed by atoms with Crippen LogP contribution in [0.25, 0.3) is 0 Å². The van der Waals surface area contributed by atoms with E-state index in [2.05, 4.69) is 10.6 Å². The predicted molar refractivity (Wildman–Crippen MR) is 67.6 cm³/mol. The van der Waals surface area contributed by atoms with E-state index in [4.69, 9.17) is 0 Å². The molecule has 1 saturated heterocycles. The summed E-state index contributed by atoms with van der Waals surface area (Å²) in [7, 11) is -3.02. The molecule has 2 N–H and O–H groups in total. The monoisotopic (exact) mass is 262 g/mol. The molecule has 1 heterocycles. The summed E-state index contributed by atoms with van der Waals surface area (Å²) in [6.07, 6.45) is 2.57. The van der Waals surface area contributed by atoms with E-state index in [0.717, 1.165) is 19.4 Å². The van der Waals surface area contributed by atoms with Gasteiger partial charge in [0.2, 0.25) is 5.91 Å². The minimum Gasteiger partial charge on any atom is -0.353 e. The summed E-state index contributed by atoms with van der Waals surface area (Å²) in [5.74, 6) is 0.0771. The zero-order chi connectivity index (χ0) is 12.9. The van der Waals surface area contributed by atoms with E-state index < -0.39 is 9.84 Å². The SMILES string of the molecule is CCS(=O)(=O)CC(C)NC(=O)CC1CCCN1. The summed E-state index contributed by atoms with van der Waals surface area (Å²) in [5.41, 5.74) is 0. The molecule has 0 saturated carbocycles. The van der Waals surface area contributed by atoms with Gasteiger partial charge in [-0.25, -0.2) is 8.42 Å². The average Bonchev–Trinajstić information content (AvgIpc) is 2.69. The van der Waals surface area contributed by atoms with Crippen LogP contribution < -0.4 is 10.6 Å². The second-order valence-corrected chi connectivity index (χ2v) is 7.06. The molecular formula is C11H22N2O3S. The fraction of sp³-hybridized carbons (Fsp3) is 0.909. The molecule has 1 fully saturated rings. The van der Waals surface area contributed by atoms with Crippen LogP contribution in [0, 0.1) is 0 Å². The van der Waals surface area contributed by atoms with Crippen molar-refractivity contribution in [3.8, 4) is 0 Å². The molecule has 0 bridgehead atoms. The van der Waals surface area contributed by atoms with Crippen molar-refractivity contribution >= 4 is 15.7 Å². The molecule has 0 aromatic rings. The summed E-state index contributed by atoms with van der Waals surface area (Å²) in [5, 5.41) is 5.98. The number of amides is 1. The van der Waals surface area contributed by atoms with Crippen LogP contribution >= 0.6 is 0 Å². The molecule has 6 heteroatoms. The lowest BCUT2D eigenvalue weighted by molar-refractivity contribution is -0.121. The van der Waals surface area contributed by atoms with Crippen LogP contribution in [0.2, 0.25) is 0 Å². The molecule has 17 heavy (non-hydrogen) atoms. The molecule has 5 nitrogen and oxygen atoms in total. The minimum atomic E-state index is -3.02. The summed E-state index contributed by atoms with van der Waals surface area (Å²) in [4.78, 5) is 11.6. The molecule has 0 aliphatic carbocycles. The van der Waals surface area contributed by atoms with Crippen molar-refractivity contribution in [2.75, 3.05) is 18.1 Å². The summed E-state index contributed by atoms with van der Waals surface area (Å²) in [6.45, 7) is 4.32. The second kappa shape index (κ2) is 6.35. The molecule has 1 aliphatic rings. The van der Waals surface area contributed by atoms with E-state index in [9.17, 15) is 13.2 Å². The maximum atomic E-state index is 11.6. The Kier molecular flexibility index (Phi) is 5.39. The van der Waals surface area contributed by atoms with Gasteiger partial charge < -0.3 is 10.6 Å². The Hall–Kier alpha value is -0.620. The van der Waals surface area contributed by atoms with Crippen molar-refractivity contribution in [3.05, 3.63) is 0 Å². The molecule has 1 rings (SSSR count). The van der Waals surface area contributed by atoms with E-state index in [1.165, 1.54) is 0 Å². The highest BCUT2D eigenvalue weighted by molar-refractivity contribution is 7.91. The molecule has 1 amide bonds. The van der Waals surface area contributed by atoms with E-state index in [1.54, 1.807) is 13.8 Å². The van der Waals surface area contributed by atoms with Crippen LogP contribution in [0.3, 0.4) is 0 Å². The Morgan fingerprint density at radius 3 is 2.76 bits per heavy atom. The van der Waals surface area contributed by atoms with Gasteiger partial charge in [0.05, 0.1) is 5.75 Å². The molecular weight excluding hydrogens is 240 g/mol.